The van der Waals surface area contributed by atoms with Crippen molar-refractivity contribution in [2.75, 3.05) is 0 Å². The molecule has 0 spiro atoms. The fraction of sp³-hybridized carbons (Fsp3) is 0.529. The Kier molecular flexibility index (Phi) is 9.74. The molecule has 2 aromatic heterocycles. The fourth-order valence-electron chi connectivity index (χ4n) is 1.87. The van der Waals surface area contributed by atoms with Gasteiger partial charge in [-0.15, -0.1) is 22.7 Å². The van der Waals surface area contributed by atoms with Crippen LogP contribution in [-0.4, -0.2) is 0 Å². The van der Waals surface area contributed by atoms with E-state index in [4.69, 9.17) is 0 Å². The topological polar surface area (TPSA) is 0 Å². The molecule has 2 heteroatoms. The van der Waals surface area contributed by atoms with Crippen LogP contribution >= 0.6 is 22.7 Å². The first-order valence-electron chi connectivity index (χ1n) is 7.45. The van der Waals surface area contributed by atoms with Crippen molar-refractivity contribution in [3.63, 3.8) is 0 Å². The van der Waals surface area contributed by atoms with Gasteiger partial charge >= 0.3 is 0 Å². The van der Waals surface area contributed by atoms with Gasteiger partial charge in [0.2, 0.25) is 0 Å². The minimum atomic E-state index is 1.37. The monoisotopic (exact) mass is 294 g/mol. The molecule has 0 atom stereocenters. The summed E-state index contributed by atoms with van der Waals surface area (Å²) >= 11 is 3.58. The van der Waals surface area contributed by atoms with Crippen LogP contribution < -0.4 is 0 Å². The first-order chi connectivity index (χ1) is 9.38. The van der Waals surface area contributed by atoms with E-state index in [0.29, 0.717) is 0 Å². The van der Waals surface area contributed by atoms with Gasteiger partial charge in [-0.2, -0.15) is 0 Å². The van der Waals surface area contributed by atoms with E-state index in [1.165, 1.54) is 54.7 Å². The molecule has 0 aromatic carbocycles. The molecule has 2 rings (SSSR count). The lowest BCUT2D eigenvalue weighted by molar-refractivity contribution is 0.602. The van der Waals surface area contributed by atoms with Crippen LogP contribution in [0.5, 0.6) is 0 Å². The molecule has 0 fully saturated rings. The molecule has 2 aromatic rings. The van der Waals surface area contributed by atoms with Crippen LogP contribution in [-0.2, 0) is 0 Å². The van der Waals surface area contributed by atoms with Gasteiger partial charge < -0.3 is 0 Å². The number of hydrogen-bond donors (Lipinski definition) is 0. The summed E-state index contributed by atoms with van der Waals surface area (Å²) in [6.45, 7) is 4.53. The smallest absolute Gasteiger partial charge is 0.0442 e. The van der Waals surface area contributed by atoms with E-state index in [1.54, 1.807) is 22.7 Å². The molecule has 0 N–H and O–H groups in total. The molecular formula is C17H26S2. The number of hydrogen-bond acceptors (Lipinski definition) is 2. The van der Waals surface area contributed by atoms with E-state index in [1.807, 2.05) is 0 Å². The third-order valence-electron chi connectivity index (χ3n) is 2.99. The maximum Gasteiger partial charge on any atom is 0.0442 e. The Morgan fingerprint density at radius 2 is 1.11 bits per heavy atom. The van der Waals surface area contributed by atoms with Crippen LogP contribution in [0.4, 0.5) is 0 Å². The molecule has 0 aliphatic carbocycles. The van der Waals surface area contributed by atoms with E-state index < -0.39 is 0 Å². The van der Waals surface area contributed by atoms with E-state index in [9.17, 15) is 0 Å². The van der Waals surface area contributed by atoms with Crippen molar-refractivity contribution in [1.82, 2.24) is 0 Å². The predicted octanol–water partition coefficient (Wildman–Crippen LogP) is 7.23. The molecule has 106 valence electrons. The van der Waals surface area contributed by atoms with Crippen LogP contribution in [0, 0.1) is 0 Å². The average Bonchev–Trinajstić information content (AvgIpc) is 3.11. The number of unbranched alkanes of at least 4 members (excludes halogenated alkanes) is 6. The van der Waals surface area contributed by atoms with Crippen molar-refractivity contribution >= 4 is 22.7 Å². The average molecular weight is 295 g/mol. The van der Waals surface area contributed by atoms with Crippen molar-refractivity contribution in [2.45, 2.75) is 58.8 Å². The van der Waals surface area contributed by atoms with Gasteiger partial charge in [0, 0.05) is 9.75 Å². The van der Waals surface area contributed by atoms with Crippen molar-refractivity contribution < 1.29 is 0 Å². The van der Waals surface area contributed by atoms with Crippen LogP contribution in [0.15, 0.2) is 35.0 Å². The third-order valence-corrected chi connectivity index (χ3v) is 4.93. The summed E-state index contributed by atoms with van der Waals surface area (Å²) in [5.74, 6) is 0. The molecule has 0 saturated heterocycles. The Bertz CT molecular complexity index is 335. The molecular weight excluding hydrogens is 268 g/mol. The Morgan fingerprint density at radius 1 is 0.684 bits per heavy atom. The van der Waals surface area contributed by atoms with Gasteiger partial charge in [0.05, 0.1) is 0 Å². The van der Waals surface area contributed by atoms with Gasteiger partial charge in [0.1, 0.15) is 0 Å². The molecule has 19 heavy (non-hydrogen) atoms. The highest BCUT2D eigenvalue weighted by Gasteiger charge is 1.96. The summed E-state index contributed by atoms with van der Waals surface area (Å²) in [4.78, 5) is 2.74. The van der Waals surface area contributed by atoms with Gasteiger partial charge in [0.25, 0.3) is 0 Å². The summed E-state index contributed by atoms with van der Waals surface area (Å²) in [5, 5.41) is 4.21. The largest absolute Gasteiger partial charge is 0.143 e. The van der Waals surface area contributed by atoms with E-state index in [0.717, 1.165) is 0 Å². The SMILES string of the molecule is CCCCCCCCC.c1csc(-c2cccs2)c1. The fourth-order valence-corrected chi connectivity index (χ4v) is 3.45. The maximum absolute atomic E-state index is 2.26. The minimum absolute atomic E-state index is 1.37. The van der Waals surface area contributed by atoms with Gasteiger partial charge in [-0.1, -0.05) is 70.9 Å². The molecule has 0 saturated carbocycles. The van der Waals surface area contributed by atoms with Gasteiger partial charge in [-0.05, 0) is 22.9 Å². The zero-order valence-electron chi connectivity index (χ0n) is 12.2. The molecule has 0 bridgehead atoms. The van der Waals surface area contributed by atoms with Crippen LogP contribution in [0.2, 0.25) is 0 Å². The first kappa shape index (κ1) is 16.5. The second-order valence-electron chi connectivity index (χ2n) is 4.72. The van der Waals surface area contributed by atoms with Crippen molar-refractivity contribution in [3.05, 3.63) is 35.0 Å². The first-order valence-corrected chi connectivity index (χ1v) is 9.21. The summed E-state index contributed by atoms with van der Waals surface area (Å²) in [5.41, 5.74) is 0. The van der Waals surface area contributed by atoms with Gasteiger partial charge in [-0.3, -0.25) is 0 Å². The number of rotatable bonds is 7. The lowest BCUT2D eigenvalue weighted by Gasteiger charge is -1.96. The molecule has 0 nitrogen and oxygen atoms in total. The molecule has 0 amide bonds. The van der Waals surface area contributed by atoms with Crippen molar-refractivity contribution in [1.29, 1.82) is 0 Å². The van der Waals surface area contributed by atoms with Gasteiger partial charge in [0.15, 0.2) is 0 Å². The van der Waals surface area contributed by atoms with E-state index in [2.05, 4.69) is 48.9 Å². The molecule has 0 aliphatic heterocycles. The molecule has 0 aliphatic rings. The summed E-state index contributed by atoms with van der Waals surface area (Å²) in [6, 6.07) is 8.46. The normalized spacial score (nSPS) is 10.0. The molecule has 2 heterocycles. The summed E-state index contributed by atoms with van der Waals surface area (Å²) < 4.78 is 0. The van der Waals surface area contributed by atoms with Crippen molar-refractivity contribution in [3.8, 4) is 9.75 Å². The minimum Gasteiger partial charge on any atom is -0.143 e. The molecule has 0 unspecified atom stereocenters. The zero-order chi connectivity index (χ0) is 13.8. The van der Waals surface area contributed by atoms with Gasteiger partial charge in [-0.25, -0.2) is 0 Å². The Labute approximate surface area is 126 Å². The maximum atomic E-state index is 2.26. The zero-order valence-corrected chi connectivity index (χ0v) is 13.9. The lowest BCUT2D eigenvalue weighted by atomic mass is 10.1. The highest BCUT2D eigenvalue weighted by atomic mass is 32.1. The van der Waals surface area contributed by atoms with Crippen LogP contribution in [0.25, 0.3) is 9.75 Å². The lowest BCUT2D eigenvalue weighted by Crippen LogP contribution is -1.76. The summed E-state index contributed by atoms with van der Waals surface area (Å²) in [6.07, 6.45) is 9.97. The van der Waals surface area contributed by atoms with E-state index >= 15 is 0 Å². The van der Waals surface area contributed by atoms with Crippen LogP contribution in [0.1, 0.15) is 58.8 Å². The van der Waals surface area contributed by atoms with E-state index in [-0.39, 0.29) is 0 Å². The quantitative estimate of drug-likeness (QED) is 0.472. The highest BCUT2D eigenvalue weighted by Crippen LogP contribution is 2.28. The highest BCUT2D eigenvalue weighted by molar-refractivity contribution is 7.20. The second kappa shape index (κ2) is 11.2. The Balaban J connectivity index is 0.000000192. The Morgan fingerprint density at radius 3 is 1.42 bits per heavy atom. The standard InChI is InChI=1S/C9H20.C8H6S2/c1-3-5-7-9-8-6-4-2;1-3-7(9-5-1)8-4-2-6-10-8/h3-9H2,1-2H3;1-6H. The number of thiophene rings is 2. The Hall–Kier alpha value is -0.600. The second-order valence-corrected chi connectivity index (χ2v) is 6.62. The third kappa shape index (κ3) is 7.54. The predicted molar refractivity (Wildman–Crippen MR) is 91.3 cm³/mol. The summed E-state index contributed by atoms with van der Waals surface area (Å²) in [7, 11) is 0. The van der Waals surface area contributed by atoms with Crippen LogP contribution in [0.3, 0.4) is 0 Å². The molecule has 0 radical (unpaired) electrons. The van der Waals surface area contributed by atoms with Crippen molar-refractivity contribution in [2.24, 2.45) is 0 Å².